The van der Waals surface area contributed by atoms with Gasteiger partial charge in [0, 0.05) is 29.9 Å². The molecule has 1 amide bonds. The first-order valence-corrected chi connectivity index (χ1v) is 15.0. The Balaban J connectivity index is 1.41. The largest absolute Gasteiger partial charge is 0.377 e. The van der Waals surface area contributed by atoms with E-state index in [0.717, 1.165) is 77.3 Å². The van der Waals surface area contributed by atoms with Gasteiger partial charge in [0.15, 0.2) is 5.82 Å². The van der Waals surface area contributed by atoms with Crippen molar-refractivity contribution in [1.82, 2.24) is 10.1 Å². The van der Waals surface area contributed by atoms with Gasteiger partial charge in [-0.15, -0.1) is 11.6 Å². The monoisotopic (exact) mass is 566 g/mol. The molecule has 1 N–H and O–H groups in total. The summed E-state index contributed by atoms with van der Waals surface area (Å²) in [5.74, 6) is 3.03. The Morgan fingerprint density at radius 1 is 1.15 bits per heavy atom. The van der Waals surface area contributed by atoms with Crippen LogP contribution in [-0.4, -0.2) is 39.8 Å². The predicted octanol–water partition coefficient (Wildman–Crippen LogP) is 7.38. The number of hydrogen-bond acceptors (Lipinski definition) is 7. The average molecular weight is 567 g/mol. The third kappa shape index (κ3) is 6.18. The first-order chi connectivity index (χ1) is 19.0. The van der Waals surface area contributed by atoms with E-state index in [0.29, 0.717) is 31.5 Å². The van der Waals surface area contributed by atoms with Crippen molar-refractivity contribution >= 4 is 41.1 Å². The SMILES string of the molecule is CCOCc1cc(CN2C(=O)C3(CCCC3)N=C2CCCCl)ccc1-c1ccccc1SNc1cc(C)on1. The molecule has 39 heavy (non-hydrogen) atoms. The third-order valence-corrected chi connectivity index (χ3v) is 8.46. The lowest BCUT2D eigenvalue weighted by molar-refractivity contribution is -0.131. The van der Waals surface area contributed by atoms with Crippen LogP contribution < -0.4 is 4.72 Å². The van der Waals surface area contributed by atoms with Crippen LogP contribution in [0.15, 0.2) is 62.9 Å². The van der Waals surface area contributed by atoms with E-state index in [9.17, 15) is 4.79 Å². The summed E-state index contributed by atoms with van der Waals surface area (Å²) in [5, 5.41) is 4.03. The minimum Gasteiger partial charge on any atom is -0.377 e. The summed E-state index contributed by atoms with van der Waals surface area (Å²) in [6.45, 7) is 5.48. The molecular weight excluding hydrogens is 532 g/mol. The van der Waals surface area contributed by atoms with Gasteiger partial charge in [0.05, 0.1) is 13.2 Å². The van der Waals surface area contributed by atoms with E-state index in [2.05, 4.69) is 40.2 Å². The maximum absolute atomic E-state index is 13.6. The lowest BCUT2D eigenvalue weighted by Crippen LogP contribution is -2.40. The number of carbonyl (C=O) groups is 1. The number of benzene rings is 2. The fourth-order valence-corrected chi connectivity index (χ4v) is 6.29. The smallest absolute Gasteiger partial charge is 0.256 e. The van der Waals surface area contributed by atoms with Crippen molar-refractivity contribution in [2.45, 2.75) is 76.0 Å². The van der Waals surface area contributed by atoms with Gasteiger partial charge in [0.25, 0.3) is 5.91 Å². The van der Waals surface area contributed by atoms with Crippen molar-refractivity contribution in [3.8, 4) is 11.1 Å². The van der Waals surface area contributed by atoms with Gasteiger partial charge in [-0.2, -0.15) is 0 Å². The van der Waals surface area contributed by atoms with Gasteiger partial charge >= 0.3 is 0 Å². The number of carbonyl (C=O) groups excluding carboxylic acids is 1. The number of nitrogens with zero attached hydrogens (tertiary/aromatic N) is 3. The Kier molecular flexibility index (Phi) is 8.95. The van der Waals surface area contributed by atoms with Crippen LogP contribution in [0.25, 0.3) is 11.1 Å². The van der Waals surface area contributed by atoms with Gasteiger partial charge < -0.3 is 14.0 Å². The lowest BCUT2D eigenvalue weighted by Gasteiger charge is -2.23. The number of rotatable bonds is 12. The maximum Gasteiger partial charge on any atom is 0.256 e. The number of nitrogens with one attached hydrogen (secondary N) is 1. The molecule has 0 atom stereocenters. The summed E-state index contributed by atoms with van der Waals surface area (Å²) >= 11 is 7.50. The molecule has 0 bridgehead atoms. The van der Waals surface area contributed by atoms with Crippen molar-refractivity contribution in [2.24, 2.45) is 4.99 Å². The zero-order valence-electron chi connectivity index (χ0n) is 22.5. The maximum atomic E-state index is 13.6. The van der Waals surface area contributed by atoms with Crippen LogP contribution >= 0.6 is 23.5 Å². The van der Waals surface area contributed by atoms with Crippen LogP contribution in [-0.2, 0) is 22.7 Å². The number of amides is 1. The molecular formula is C30H35ClN4O3S. The van der Waals surface area contributed by atoms with Crippen LogP contribution in [0, 0.1) is 6.92 Å². The van der Waals surface area contributed by atoms with Crippen molar-refractivity contribution < 1.29 is 14.1 Å². The van der Waals surface area contributed by atoms with Gasteiger partial charge in [-0.1, -0.05) is 54.4 Å². The molecule has 2 aliphatic rings. The Morgan fingerprint density at radius 3 is 2.72 bits per heavy atom. The molecule has 0 radical (unpaired) electrons. The molecule has 1 fully saturated rings. The fraction of sp³-hybridized carbons (Fsp3) is 0.433. The number of halogens is 1. The summed E-state index contributed by atoms with van der Waals surface area (Å²) in [6, 6.07) is 16.6. The number of alkyl halides is 1. The summed E-state index contributed by atoms with van der Waals surface area (Å²) in [5.41, 5.74) is 3.80. The van der Waals surface area contributed by atoms with Crippen molar-refractivity contribution in [3.63, 3.8) is 0 Å². The molecule has 3 aromatic rings. The van der Waals surface area contributed by atoms with E-state index >= 15 is 0 Å². The standard InChI is InChI=1S/C30H35ClN4O3S/c1-3-37-20-23-18-22(19-35-28(11-8-16-31)32-30(29(35)36)14-6-7-15-30)12-13-24(23)25-9-4-5-10-26(25)39-34-27-17-21(2)38-33-27/h4-5,9-10,12-13,17-18H,3,6-8,11,14-16,19-20H2,1-2H3,(H,33,34). The van der Waals surface area contributed by atoms with E-state index in [1.54, 1.807) is 0 Å². The minimum atomic E-state index is -0.554. The summed E-state index contributed by atoms with van der Waals surface area (Å²) in [6.07, 6.45) is 5.34. The van der Waals surface area contributed by atoms with Gasteiger partial charge in [-0.05, 0) is 73.4 Å². The number of amidine groups is 1. The molecule has 7 nitrogen and oxygen atoms in total. The molecule has 9 heteroatoms. The van der Waals surface area contributed by atoms with Crippen molar-refractivity contribution in [2.75, 3.05) is 17.2 Å². The molecule has 0 unspecified atom stereocenters. The minimum absolute atomic E-state index is 0.149. The molecule has 2 aromatic carbocycles. The van der Waals surface area contributed by atoms with Crippen LogP contribution in [0.1, 0.15) is 62.3 Å². The fourth-order valence-electron chi connectivity index (χ4n) is 5.41. The average Bonchev–Trinajstić information content (AvgIpc) is 3.66. The highest BCUT2D eigenvalue weighted by Crippen LogP contribution is 2.40. The number of anilines is 1. The number of ether oxygens (including phenoxy) is 1. The molecule has 1 spiro atoms. The molecule has 5 rings (SSSR count). The molecule has 1 aromatic heterocycles. The Labute approximate surface area is 239 Å². The zero-order chi connectivity index (χ0) is 27.2. The second-order valence-corrected chi connectivity index (χ2v) is 11.3. The van der Waals surface area contributed by atoms with E-state index in [1.807, 2.05) is 36.9 Å². The topological polar surface area (TPSA) is 80.0 Å². The first-order valence-electron chi connectivity index (χ1n) is 13.6. The van der Waals surface area contributed by atoms with Crippen LogP contribution in [0.4, 0.5) is 5.82 Å². The predicted molar refractivity (Wildman–Crippen MR) is 157 cm³/mol. The highest BCUT2D eigenvalue weighted by Gasteiger charge is 2.49. The highest BCUT2D eigenvalue weighted by atomic mass is 35.5. The lowest BCUT2D eigenvalue weighted by atomic mass is 9.96. The Bertz CT molecular complexity index is 1340. The van der Waals surface area contributed by atoms with Crippen molar-refractivity contribution in [1.29, 1.82) is 0 Å². The Morgan fingerprint density at radius 2 is 1.97 bits per heavy atom. The van der Waals surface area contributed by atoms with Crippen molar-refractivity contribution in [3.05, 3.63) is 65.4 Å². The van der Waals surface area contributed by atoms with E-state index < -0.39 is 5.54 Å². The van der Waals surface area contributed by atoms with E-state index in [4.69, 9.17) is 25.9 Å². The second kappa shape index (κ2) is 12.6. The second-order valence-electron chi connectivity index (χ2n) is 10.1. The highest BCUT2D eigenvalue weighted by molar-refractivity contribution is 8.00. The molecule has 2 heterocycles. The molecule has 1 saturated carbocycles. The van der Waals surface area contributed by atoms with E-state index in [-0.39, 0.29) is 5.91 Å². The van der Waals surface area contributed by atoms with Gasteiger partial charge in [0.1, 0.15) is 17.1 Å². The quantitative estimate of drug-likeness (QED) is 0.182. The van der Waals surface area contributed by atoms with Crippen LogP contribution in [0.3, 0.4) is 0 Å². The summed E-state index contributed by atoms with van der Waals surface area (Å²) in [7, 11) is 0. The van der Waals surface area contributed by atoms with Gasteiger partial charge in [-0.3, -0.25) is 14.7 Å². The molecule has 1 aliphatic carbocycles. The number of aryl methyl sites for hydroxylation is 1. The summed E-state index contributed by atoms with van der Waals surface area (Å²) < 4.78 is 14.3. The van der Waals surface area contributed by atoms with Gasteiger partial charge in [0.2, 0.25) is 0 Å². The molecule has 1 aliphatic heterocycles. The molecule has 206 valence electrons. The zero-order valence-corrected chi connectivity index (χ0v) is 24.1. The molecule has 0 saturated heterocycles. The number of aliphatic imine (C=N–C) groups is 1. The number of aromatic nitrogens is 1. The van der Waals surface area contributed by atoms with Gasteiger partial charge in [-0.25, -0.2) is 0 Å². The third-order valence-electron chi connectivity index (χ3n) is 7.31. The van der Waals surface area contributed by atoms with Crippen LogP contribution in [0.2, 0.25) is 0 Å². The van der Waals surface area contributed by atoms with Crippen LogP contribution in [0.5, 0.6) is 0 Å². The summed E-state index contributed by atoms with van der Waals surface area (Å²) in [4.78, 5) is 21.6. The number of hydrogen-bond donors (Lipinski definition) is 1. The normalized spacial score (nSPS) is 16.3. The van der Waals surface area contributed by atoms with E-state index in [1.165, 1.54) is 11.9 Å². The Hall–Kier alpha value is -2.81. The first kappa shape index (κ1) is 27.7.